The predicted octanol–water partition coefficient (Wildman–Crippen LogP) is 2.67. The normalized spacial score (nSPS) is 20.7. The van der Waals surface area contributed by atoms with Gasteiger partial charge in [-0.3, -0.25) is 0 Å². The van der Waals surface area contributed by atoms with E-state index in [2.05, 4.69) is 37.9 Å². The Morgan fingerprint density at radius 2 is 1.94 bits per heavy atom. The van der Waals surface area contributed by atoms with Crippen LogP contribution in [0.1, 0.15) is 32.3 Å². The number of hydrogen-bond donors (Lipinski definition) is 1. The lowest BCUT2D eigenvalue weighted by Crippen LogP contribution is -2.44. The molecular formula is C16H25NO. The second kappa shape index (κ2) is 5.41. The topological polar surface area (TPSA) is 23.5 Å². The quantitative estimate of drug-likeness (QED) is 0.835. The Hall–Kier alpha value is -0.860. The Bertz CT molecular complexity index is 374. The van der Waals surface area contributed by atoms with E-state index in [1.54, 1.807) is 0 Å². The summed E-state index contributed by atoms with van der Waals surface area (Å²) in [5.41, 5.74) is 1.06. The van der Waals surface area contributed by atoms with Gasteiger partial charge in [-0.25, -0.2) is 0 Å². The van der Waals surface area contributed by atoms with E-state index in [0.717, 1.165) is 12.5 Å². The van der Waals surface area contributed by atoms with Crippen LogP contribution in [0.4, 0.5) is 0 Å². The Morgan fingerprint density at radius 1 is 1.33 bits per heavy atom. The predicted molar refractivity (Wildman–Crippen MR) is 75.7 cm³/mol. The Labute approximate surface area is 111 Å². The summed E-state index contributed by atoms with van der Waals surface area (Å²) < 4.78 is 0. The maximum absolute atomic E-state index is 9.80. The Kier molecular flexibility index (Phi) is 4.08. The van der Waals surface area contributed by atoms with E-state index in [0.29, 0.717) is 6.04 Å². The highest BCUT2D eigenvalue weighted by Crippen LogP contribution is 2.36. The molecule has 2 heteroatoms. The van der Waals surface area contributed by atoms with Crippen LogP contribution in [0.2, 0.25) is 0 Å². The first kappa shape index (κ1) is 13.6. The second-order valence-electron chi connectivity index (χ2n) is 6.08. The molecule has 1 saturated carbocycles. The summed E-state index contributed by atoms with van der Waals surface area (Å²) in [7, 11) is 2.18. The fourth-order valence-corrected chi connectivity index (χ4v) is 2.71. The summed E-state index contributed by atoms with van der Waals surface area (Å²) >= 11 is 0. The van der Waals surface area contributed by atoms with Crippen LogP contribution < -0.4 is 0 Å². The number of benzene rings is 1. The minimum Gasteiger partial charge on any atom is -0.395 e. The van der Waals surface area contributed by atoms with Gasteiger partial charge in [-0.15, -0.1) is 0 Å². The van der Waals surface area contributed by atoms with Gasteiger partial charge in [0.1, 0.15) is 0 Å². The van der Waals surface area contributed by atoms with Gasteiger partial charge in [0, 0.05) is 18.0 Å². The number of aliphatic hydroxyl groups is 1. The molecule has 0 aromatic heterocycles. The molecule has 18 heavy (non-hydrogen) atoms. The van der Waals surface area contributed by atoms with Crippen molar-refractivity contribution in [1.82, 2.24) is 4.90 Å². The summed E-state index contributed by atoms with van der Waals surface area (Å²) in [5, 5.41) is 9.80. The molecule has 0 bridgehead atoms. The first-order valence-electron chi connectivity index (χ1n) is 6.93. The molecule has 0 radical (unpaired) electrons. The molecule has 2 rings (SSSR count). The van der Waals surface area contributed by atoms with Crippen molar-refractivity contribution >= 4 is 0 Å². The van der Waals surface area contributed by atoms with Gasteiger partial charge in [0.2, 0.25) is 0 Å². The molecule has 1 aromatic rings. The minimum atomic E-state index is -0.167. The third kappa shape index (κ3) is 2.93. The monoisotopic (exact) mass is 247 g/mol. The van der Waals surface area contributed by atoms with Gasteiger partial charge in [0.05, 0.1) is 6.61 Å². The van der Waals surface area contributed by atoms with Crippen LogP contribution in [0, 0.1) is 5.92 Å². The lowest BCUT2D eigenvalue weighted by atomic mass is 9.82. The van der Waals surface area contributed by atoms with E-state index in [-0.39, 0.29) is 12.0 Å². The van der Waals surface area contributed by atoms with Crippen molar-refractivity contribution in [3.63, 3.8) is 0 Å². The third-order valence-corrected chi connectivity index (χ3v) is 4.42. The molecule has 0 heterocycles. The molecule has 0 saturated heterocycles. The average molecular weight is 247 g/mol. The molecule has 1 fully saturated rings. The van der Waals surface area contributed by atoms with E-state index in [4.69, 9.17) is 0 Å². The molecule has 100 valence electrons. The first-order chi connectivity index (χ1) is 8.57. The van der Waals surface area contributed by atoms with Crippen LogP contribution >= 0.6 is 0 Å². The molecule has 1 aliphatic carbocycles. The van der Waals surface area contributed by atoms with E-state index in [1.807, 2.05) is 18.2 Å². The van der Waals surface area contributed by atoms with Gasteiger partial charge in [-0.1, -0.05) is 37.3 Å². The standard InChI is InChI=1S/C16H25NO/c1-13(14-9-10-14)17(3)11-16(2,12-18)15-7-5-4-6-8-15/h4-8,13-14,18H,9-12H2,1-3H3. The van der Waals surface area contributed by atoms with E-state index < -0.39 is 0 Å². The van der Waals surface area contributed by atoms with Crippen molar-refractivity contribution in [3.05, 3.63) is 35.9 Å². The van der Waals surface area contributed by atoms with Crippen molar-refractivity contribution < 1.29 is 5.11 Å². The summed E-state index contributed by atoms with van der Waals surface area (Å²) in [5.74, 6) is 0.869. The summed E-state index contributed by atoms with van der Waals surface area (Å²) in [4.78, 5) is 2.40. The number of rotatable bonds is 6. The lowest BCUT2D eigenvalue weighted by Gasteiger charge is -2.35. The minimum absolute atomic E-state index is 0.167. The molecule has 0 spiro atoms. The Balaban J connectivity index is 2.07. The van der Waals surface area contributed by atoms with Crippen molar-refractivity contribution in [2.45, 2.75) is 38.1 Å². The highest BCUT2D eigenvalue weighted by atomic mass is 16.3. The van der Waals surface area contributed by atoms with E-state index in [9.17, 15) is 5.11 Å². The maximum Gasteiger partial charge on any atom is 0.0537 e. The second-order valence-corrected chi connectivity index (χ2v) is 6.08. The molecule has 2 nitrogen and oxygen atoms in total. The highest BCUT2D eigenvalue weighted by molar-refractivity contribution is 5.25. The van der Waals surface area contributed by atoms with Crippen LogP contribution in [-0.2, 0) is 5.41 Å². The van der Waals surface area contributed by atoms with E-state index >= 15 is 0 Å². The molecule has 1 N–H and O–H groups in total. The van der Waals surface area contributed by atoms with Crippen LogP contribution in [0.25, 0.3) is 0 Å². The summed E-state index contributed by atoms with van der Waals surface area (Å²) in [6.07, 6.45) is 2.74. The van der Waals surface area contributed by atoms with Crippen LogP contribution in [0.5, 0.6) is 0 Å². The SMILES string of the molecule is CC(C1CC1)N(C)CC(C)(CO)c1ccccc1. The zero-order valence-electron chi connectivity index (χ0n) is 11.8. The van der Waals surface area contributed by atoms with Gasteiger partial charge in [0.25, 0.3) is 0 Å². The first-order valence-corrected chi connectivity index (χ1v) is 6.93. The molecule has 0 aliphatic heterocycles. The van der Waals surface area contributed by atoms with Crippen LogP contribution in [-0.4, -0.2) is 36.2 Å². The maximum atomic E-state index is 9.80. The molecule has 0 amide bonds. The Morgan fingerprint density at radius 3 is 2.44 bits per heavy atom. The molecule has 2 unspecified atom stereocenters. The van der Waals surface area contributed by atoms with Crippen molar-refractivity contribution in [1.29, 1.82) is 0 Å². The van der Waals surface area contributed by atoms with Gasteiger partial charge >= 0.3 is 0 Å². The number of aliphatic hydroxyl groups excluding tert-OH is 1. The molecule has 1 aromatic carbocycles. The molecule has 1 aliphatic rings. The van der Waals surface area contributed by atoms with Gasteiger partial charge in [-0.05, 0) is 38.3 Å². The van der Waals surface area contributed by atoms with Gasteiger partial charge in [-0.2, -0.15) is 0 Å². The van der Waals surface area contributed by atoms with Crippen LogP contribution in [0.3, 0.4) is 0 Å². The van der Waals surface area contributed by atoms with Crippen molar-refractivity contribution in [2.24, 2.45) is 5.92 Å². The van der Waals surface area contributed by atoms with Gasteiger partial charge < -0.3 is 10.0 Å². The zero-order chi connectivity index (χ0) is 13.2. The number of nitrogens with zero attached hydrogens (tertiary/aromatic N) is 1. The van der Waals surface area contributed by atoms with Crippen molar-refractivity contribution in [3.8, 4) is 0 Å². The van der Waals surface area contributed by atoms with Gasteiger partial charge in [0.15, 0.2) is 0 Å². The number of likely N-dealkylation sites (N-methyl/N-ethyl adjacent to an activating group) is 1. The van der Waals surface area contributed by atoms with Crippen molar-refractivity contribution in [2.75, 3.05) is 20.2 Å². The fourth-order valence-electron chi connectivity index (χ4n) is 2.71. The largest absolute Gasteiger partial charge is 0.395 e. The number of hydrogen-bond acceptors (Lipinski definition) is 2. The fraction of sp³-hybridized carbons (Fsp3) is 0.625. The highest BCUT2D eigenvalue weighted by Gasteiger charge is 2.34. The average Bonchev–Trinajstić information content (AvgIpc) is 3.23. The summed E-state index contributed by atoms with van der Waals surface area (Å²) in [6, 6.07) is 11.0. The van der Waals surface area contributed by atoms with Crippen LogP contribution in [0.15, 0.2) is 30.3 Å². The third-order valence-electron chi connectivity index (χ3n) is 4.42. The lowest BCUT2D eigenvalue weighted by molar-refractivity contribution is 0.131. The summed E-state index contributed by atoms with van der Waals surface area (Å²) in [6.45, 7) is 5.56. The zero-order valence-corrected chi connectivity index (χ0v) is 11.8. The molecular weight excluding hydrogens is 222 g/mol. The smallest absolute Gasteiger partial charge is 0.0537 e. The molecule has 2 atom stereocenters. The van der Waals surface area contributed by atoms with E-state index in [1.165, 1.54) is 18.4 Å².